The Balaban J connectivity index is 2.52. The van der Waals surface area contributed by atoms with Crippen LogP contribution in [0.3, 0.4) is 0 Å². The van der Waals surface area contributed by atoms with Crippen molar-refractivity contribution >= 4 is 0 Å². The van der Waals surface area contributed by atoms with E-state index in [2.05, 4.69) is 5.32 Å². The van der Waals surface area contributed by atoms with Gasteiger partial charge in [0, 0.05) is 6.54 Å². The number of halogens is 1. The number of nitrogens with zero attached hydrogens (tertiary/aromatic N) is 1. The summed E-state index contributed by atoms with van der Waals surface area (Å²) >= 11 is 0. The maximum atomic E-state index is 13.0. The van der Waals surface area contributed by atoms with Crippen LogP contribution in [0.1, 0.15) is 17.5 Å². The SMILES string of the molecule is N#Cc1cc(CNCCCN)ccc1F. The lowest BCUT2D eigenvalue weighted by molar-refractivity contribution is 0.619. The number of nitriles is 1. The molecule has 0 amide bonds. The van der Waals surface area contributed by atoms with E-state index in [1.165, 1.54) is 6.07 Å². The first-order valence-corrected chi connectivity index (χ1v) is 4.87. The number of rotatable bonds is 5. The Hall–Kier alpha value is -1.44. The van der Waals surface area contributed by atoms with E-state index < -0.39 is 5.82 Å². The molecule has 0 aliphatic rings. The number of hydrogen-bond donors (Lipinski definition) is 2. The minimum atomic E-state index is -0.469. The summed E-state index contributed by atoms with van der Waals surface area (Å²) in [5.41, 5.74) is 6.34. The third-order valence-electron chi connectivity index (χ3n) is 2.04. The summed E-state index contributed by atoms with van der Waals surface area (Å²) < 4.78 is 13.0. The lowest BCUT2D eigenvalue weighted by Crippen LogP contribution is -2.17. The van der Waals surface area contributed by atoms with Gasteiger partial charge in [-0.05, 0) is 37.2 Å². The number of nitrogens with two attached hydrogens (primary N) is 1. The third-order valence-corrected chi connectivity index (χ3v) is 2.04. The Kier molecular flexibility index (Phi) is 4.75. The van der Waals surface area contributed by atoms with Gasteiger partial charge in [0.15, 0.2) is 0 Å². The predicted octanol–water partition coefficient (Wildman–Crippen LogP) is 1.14. The van der Waals surface area contributed by atoms with E-state index in [0.717, 1.165) is 18.5 Å². The van der Waals surface area contributed by atoms with Crippen molar-refractivity contribution in [3.8, 4) is 6.07 Å². The maximum absolute atomic E-state index is 13.0. The molecule has 15 heavy (non-hydrogen) atoms. The standard InChI is InChI=1S/C11H14FN3/c12-11-3-2-9(6-10(11)7-14)8-15-5-1-4-13/h2-3,6,15H,1,4-5,8,13H2. The summed E-state index contributed by atoms with van der Waals surface area (Å²) in [5, 5.41) is 11.8. The van der Waals surface area contributed by atoms with Gasteiger partial charge in [0.1, 0.15) is 11.9 Å². The molecule has 4 heteroatoms. The number of nitrogens with one attached hydrogen (secondary N) is 1. The molecule has 1 aromatic carbocycles. The van der Waals surface area contributed by atoms with Gasteiger partial charge in [0.2, 0.25) is 0 Å². The Bertz CT molecular complexity index is 357. The third kappa shape index (κ3) is 3.66. The van der Waals surface area contributed by atoms with Gasteiger partial charge in [-0.1, -0.05) is 6.07 Å². The quantitative estimate of drug-likeness (QED) is 0.712. The summed E-state index contributed by atoms with van der Waals surface area (Å²) in [6.07, 6.45) is 0.909. The van der Waals surface area contributed by atoms with E-state index in [9.17, 15) is 4.39 Å². The highest BCUT2D eigenvalue weighted by Crippen LogP contribution is 2.09. The summed E-state index contributed by atoms with van der Waals surface area (Å²) in [5.74, 6) is -0.469. The van der Waals surface area contributed by atoms with Gasteiger partial charge in [-0.15, -0.1) is 0 Å². The van der Waals surface area contributed by atoms with Gasteiger partial charge >= 0.3 is 0 Å². The Morgan fingerprint density at radius 2 is 2.27 bits per heavy atom. The number of hydrogen-bond acceptors (Lipinski definition) is 3. The number of benzene rings is 1. The largest absolute Gasteiger partial charge is 0.330 e. The molecule has 0 aliphatic carbocycles. The van der Waals surface area contributed by atoms with Crippen LogP contribution in [0, 0.1) is 17.1 Å². The van der Waals surface area contributed by atoms with Crippen molar-refractivity contribution in [2.75, 3.05) is 13.1 Å². The van der Waals surface area contributed by atoms with Gasteiger partial charge in [-0.2, -0.15) is 5.26 Å². The van der Waals surface area contributed by atoms with Gasteiger partial charge in [0.25, 0.3) is 0 Å². The molecule has 1 rings (SSSR count). The smallest absolute Gasteiger partial charge is 0.140 e. The fourth-order valence-electron chi connectivity index (χ4n) is 1.23. The van der Waals surface area contributed by atoms with E-state index in [0.29, 0.717) is 13.1 Å². The molecular weight excluding hydrogens is 193 g/mol. The molecule has 0 fully saturated rings. The van der Waals surface area contributed by atoms with Gasteiger partial charge < -0.3 is 11.1 Å². The van der Waals surface area contributed by atoms with E-state index >= 15 is 0 Å². The molecule has 0 atom stereocenters. The molecule has 0 unspecified atom stereocenters. The molecule has 1 aromatic rings. The lowest BCUT2D eigenvalue weighted by Gasteiger charge is -2.04. The minimum Gasteiger partial charge on any atom is -0.330 e. The molecule has 3 nitrogen and oxygen atoms in total. The first-order valence-electron chi connectivity index (χ1n) is 4.87. The minimum absolute atomic E-state index is 0.0909. The summed E-state index contributed by atoms with van der Waals surface area (Å²) in [6, 6.07) is 6.36. The predicted molar refractivity (Wildman–Crippen MR) is 56.5 cm³/mol. The molecule has 0 spiro atoms. The first kappa shape index (κ1) is 11.6. The van der Waals surface area contributed by atoms with Crippen LogP contribution in [0.25, 0.3) is 0 Å². The van der Waals surface area contributed by atoms with Crippen molar-refractivity contribution in [2.45, 2.75) is 13.0 Å². The topological polar surface area (TPSA) is 61.8 Å². The fourth-order valence-corrected chi connectivity index (χ4v) is 1.23. The molecule has 80 valence electrons. The van der Waals surface area contributed by atoms with E-state index in [1.807, 2.05) is 6.07 Å². The molecule has 0 bridgehead atoms. The second-order valence-electron chi connectivity index (χ2n) is 3.25. The average Bonchev–Trinajstić information content (AvgIpc) is 2.26. The van der Waals surface area contributed by atoms with Crippen LogP contribution in [-0.2, 0) is 6.54 Å². The Morgan fingerprint density at radius 1 is 1.47 bits per heavy atom. The lowest BCUT2D eigenvalue weighted by atomic mass is 10.1. The molecule has 0 radical (unpaired) electrons. The highest BCUT2D eigenvalue weighted by atomic mass is 19.1. The molecule has 0 heterocycles. The van der Waals surface area contributed by atoms with Crippen molar-refractivity contribution in [1.82, 2.24) is 5.32 Å². The van der Waals surface area contributed by atoms with Crippen LogP contribution in [0.15, 0.2) is 18.2 Å². The summed E-state index contributed by atoms with van der Waals surface area (Å²) in [7, 11) is 0. The van der Waals surface area contributed by atoms with Crippen molar-refractivity contribution in [3.05, 3.63) is 35.1 Å². The van der Waals surface area contributed by atoms with Crippen LogP contribution in [0.5, 0.6) is 0 Å². The molecule has 0 saturated carbocycles. The molecular formula is C11H14FN3. The normalized spacial score (nSPS) is 9.93. The zero-order valence-electron chi connectivity index (χ0n) is 8.46. The van der Waals surface area contributed by atoms with Crippen LogP contribution < -0.4 is 11.1 Å². The van der Waals surface area contributed by atoms with E-state index in [-0.39, 0.29) is 5.56 Å². The van der Waals surface area contributed by atoms with Crippen LogP contribution in [-0.4, -0.2) is 13.1 Å². The van der Waals surface area contributed by atoms with Crippen molar-refractivity contribution in [2.24, 2.45) is 5.73 Å². The highest BCUT2D eigenvalue weighted by Gasteiger charge is 2.01. The molecule has 3 N–H and O–H groups in total. The van der Waals surface area contributed by atoms with Crippen molar-refractivity contribution in [1.29, 1.82) is 5.26 Å². The average molecular weight is 207 g/mol. The monoisotopic (exact) mass is 207 g/mol. The zero-order chi connectivity index (χ0) is 11.1. The van der Waals surface area contributed by atoms with Gasteiger partial charge in [-0.3, -0.25) is 0 Å². The molecule has 0 aromatic heterocycles. The summed E-state index contributed by atoms with van der Waals surface area (Å²) in [6.45, 7) is 2.12. The second-order valence-corrected chi connectivity index (χ2v) is 3.25. The summed E-state index contributed by atoms with van der Waals surface area (Å²) in [4.78, 5) is 0. The highest BCUT2D eigenvalue weighted by molar-refractivity contribution is 5.34. The van der Waals surface area contributed by atoms with Crippen LogP contribution >= 0.6 is 0 Å². The zero-order valence-corrected chi connectivity index (χ0v) is 8.46. The van der Waals surface area contributed by atoms with Gasteiger partial charge in [-0.25, -0.2) is 4.39 Å². The van der Waals surface area contributed by atoms with E-state index in [4.69, 9.17) is 11.0 Å². The molecule has 0 aliphatic heterocycles. The Labute approximate surface area is 88.7 Å². The fraction of sp³-hybridized carbons (Fsp3) is 0.364. The van der Waals surface area contributed by atoms with Crippen molar-refractivity contribution in [3.63, 3.8) is 0 Å². The van der Waals surface area contributed by atoms with Crippen LogP contribution in [0.4, 0.5) is 4.39 Å². The van der Waals surface area contributed by atoms with Gasteiger partial charge in [0.05, 0.1) is 5.56 Å². The van der Waals surface area contributed by atoms with E-state index in [1.54, 1.807) is 12.1 Å². The Morgan fingerprint density at radius 3 is 2.93 bits per heavy atom. The first-order chi connectivity index (χ1) is 7.27. The maximum Gasteiger partial charge on any atom is 0.140 e. The van der Waals surface area contributed by atoms with Crippen LogP contribution in [0.2, 0.25) is 0 Å². The molecule has 0 saturated heterocycles. The second kappa shape index (κ2) is 6.12. The van der Waals surface area contributed by atoms with Crippen molar-refractivity contribution < 1.29 is 4.39 Å².